The van der Waals surface area contributed by atoms with E-state index >= 15 is 0 Å². The fraction of sp³-hybridized carbons (Fsp3) is 0.625. The van der Waals surface area contributed by atoms with Crippen molar-refractivity contribution in [2.45, 2.75) is 67.2 Å². The van der Waals surface area contributed by atoms with Crippen molar-refractivity contribution in [1.82, 2.24) is 0 Å². The monoisotopic (exact) mass is 218 g/mol. The molecule has 0 aliphatic carbocycles. The van der Waals surface area contributed by atoms with E-state index in [0.717, 1.165) is 0 Å². The molecule has 0 atom stereocenters. The third-order valence-electron chi connectivity index (χ3n) is 4.56. The van der Waals surface area contributed by atoms with E-state index in [-0.39, 0.29) is 5.41 Å². The standard InChI is InChI=1S/C16H26/c1-9-16(7,8)15-13(5)11(3)10(2)12(4)14(15)6/h9H2,1-8H3. The van der Waals surface area contributed by atoms with Gasteiger partial charge in [-0.2, -0.15) is 0 Å². The summed E-state index contributed by atoms with van der Waals surface area (Å²) in [6.45, 7) is 18.3. The van der Waals surface area contributed by atoms with Gasteiger partial charge >= 0.3 is 0 Å². The summed E-state index contributed by atoms with van der Waals surface area (Å²) in [5.41, 5.74) is 9.25. The third kappa shape index (κ3) is 1.90. The predicted octanol–water partition coefficient (Wildman–Crippen LogP) is 4.92. The maximum Gasteiger partial charge on any atom is -0.0101 e. The Bertz CT molecular complexity index is 380. The quantitative estimate of drug-likeness (QED) is 0.661. The van der Waals surface area contributed by atoms with E-state index in [9.17, 15) is 0 Å². The van der Waals surface area contributed by atoms with E-state index in [4.69, 9.17) is 0 Å². The lowest BCUT2D eigenvalue weighted by Gasteiger charge is -2.30. The van der Waals surface area contributed by atoms with Gasteiger partial charge in [-0.3, -0.25) is 0 Å². The molecule has 0 heterocycles. The largest absolute Gasteiger partial charge is 0.0646 e. The summed E-state index contributed by atoms with van der Waals surface area (Å²) < 4.78 is 0. The van der Waals surface area contributed by atoms with Crippen LogP contribution in [-0.4, -0.2) is 0 Å². The van der Waals surface area contributed by atoms with Crippen molar-refractivity contribution < 1.29 is 0 Å². The molecule has 0 N–H and O–H groups in total. The molecule has 0 bridgehead atoms. The fourth-order valence-electron chi connectivity index (χ4n) is 2.69. The minimum atomic E-state index is 0.289. The summed E-state index contributed by atoms with van der Waals surface area (Å²) >= 11 is 0. The van der Waals surface area contributed by atoms with Crippen LogP contribution in [-0.2, 0) is 5.41 Å². The summed E-state index contributed by atoms with van der Waals surface area (Å²) in [7, 11) is 0. The van der Waals surface area contributed by atoms with Gasteiger partial charge in [-0.25, -0.2) is 0 Å². The third-order valence-corrected chi connectivity index (χ3v) is 4.56. The highest BCUT2D eigenvalue weighted by Crippen LogP contribution is 2.36. The van der Waals surface area contributed by atoms with Gasteiger partial charge in [-0.15, -0.1) is 0 Å². The van der Waals surface area contributed by atoms with Crippen molar-refractivity contribution in [3.63, 3.8) is 0 Å². The van der Waals surface area contributed by atoms with E-state index in [1.165, 1.54) is 34.2 Å². The van der Waals surface area contributed by atoms with E-state index < -0.39 is 0 Å². The lowest BCUT2D eigenvalue weighted by molar-refractivity contribution is 0.499. The minimum absolute atomic E-state index is 0.289. The van der Waals surface area contributed by atoms with Gasteiger partial charge in [-0.1, -0.05) is 20.8 Å². The Morgan fingerprint density at radius 2 is 1.00 bits per heavy atom. The zero-order valence-corrected chi connectivity index (χ0v) is 12.2. The molecule has 0 aliphatic rings. The van der Waals surface area contributed by atoms with Gasteiger partial charge < -0.3 is 0 Å². The topological polar surface area (TPSA) is 0 Å². The van der Waals surface area contributed by atoms with Crippen LogP contribution in [0.15, 0.2) is 0 Å². The Morgan fingerprint density at radius 1 is 0.688 bits per heavy atom. The van der Waals surface area contributed by atoms with Gasteiger partial charge in [0.25, 0.3) is 0 Å². The van der Waals surface area contributed by atoms with Crippen molar-refractivity contribution in [3.8, 4) is 0 Å². The molecule has 0 fully saturated rings. The first kappa shape index (κ1) is 13.3. The fourth-order valence-corrected chi connectivity index (χ4v) is 2.69. The van der Waals surface area contributed by atoms with Crippen LogP contribution < -0.4 is 0 Å². The number of rotatable bonds is 2. The zero-order chi connectivity index (χ0) is 12.7. The number of hydrogen-bond acceptors (Lipinski definition) is 0. The lowest BCUT2D eigenvalue weighted by atomic mass is 9.74. The van der Waals surface area contributed by atoms with Crippen LogP contribution in [0.4, 0.5) is 0 Å². The highest BCUT2D eigenvalue weighted by Gasteiger charge is 2.25. The first-order chi connectivity index (χ1) is 7.24. The highest BCUT2D eigenvalue weighted by atomic mass is 14.3. The second-order valence-corrected chi connectivity index (χ2v) is 5.74. The van der Waals surface area contributed by atoms with Crippen LogP contribution in [0.1, 0.15) is 60.6 Å². The SMILES string of the molecule is CCC(C)(C)c1c(C)c(C)c(C)c(C)c1C. The van der Waals surface area contributed by atoms with Gasteiger partial charge in [-0.05, 0) is 79.8 Å². The van der Waals surface area contributed by atoms with Crippen LogP contribution in [0.2, 0.25) is 0 Å². The highest BCUT2D eigenvalue weighted by molar-refractivity contribution is 5.52. The Balaban J connectivity index is 3.65. The molecule has 16 heavy (non-hydrogen) atoms. The van der Waals surface area contributed by atoms with Gasteiger partial charge in [0.15, 0.2) is 0 Å². The molecule has 0 saturated carbocycles. The van der Waals surface area contributed by atoms with Crippen LogP contribution in [0, 0.1) is 34.6 Å². The summed E-state index contributed by atoms with van der Waals surface area (Å²) in [6, 6.07) is 0. The lowest BCUT2D eigenvalue weighted by Crippen LogP contribution is -2.20. The minimum Gasteiger partial charge on any atom is -0.0646 e. The summed E-state index contributed by atoms with van der Waals surface area (Å²) in [4.78, 5) is 0. The molecule has 0 radical (unpaired) electrons. The molecule has 90 valence electrons. The van der Waals surface area contributed by atoms with Crippen LogP contribution in [0.3, 0.4) is 0 Å². The second-order valence-electron chi connectivity index (χ2n) is 5.74. The molecule has 1 aromatic carbocycles. The number of hydrogen-bond donors (Lipinski definition) is 0. The Kier molecular flexibility index (Phi) is 3.52. The van der Waals surface area contributed by atoms with Crippen molar-refractivity contribution in [1.29, 1.82) is 0 Å². The molecule has 1 rings (SSSR count). The Hall–Kier alpha value is -0.780. The maximum atomic E-state index is 2.36. The van der Waals surface area contributed by atoms with E-state index in [1.807, 2.05) is 0 Å². The van der Waals surface area contributed by atoms with Crippen molar-refractivity contribution in [2.24, 2.45) is 0 Å². The average molecular weight is 218 g/mol. The van der Waals surface area contributed by atoms with Gasteiger partial charge in [0.1, 0.15) is 0 Å². The molecule has 0 heteroatoms. The molecular weight excluding hydrogens is 192 g/mol. The molecular formula is C16H26. The molecule has 0 nitrogen and oxygen atoms in total. The van der Waals surface area contributed by atoms with E-state index in [2.05, 4.69) is 55.4 Å². The smallest absolute Gasteiger partial charge is 0.0101 e. The first-order valence-corrected chi connectivity index (χ1v) is 6.31. The van der Waals surface area contributed by atoms with Crippen molar-refractivity contribution in [3.05, 3.63) is 33.4 Å². The van der Waals surface area contributed by atoms with Gasteiger partial charge in [0.2, 0.25) is 0 Å². The molecule has 0 aromatic heterocycles. The van der Waals surface area contributed by atoms with Crippen LogP contribution >= 0.6 is 0 Å². The summed E-state index contributed by atoms with van der Waals surface area (Å²) in [6.07, 6.45) is 1.19. The van der Waals surface area contributed by atoms with Crippen molar-refractivity contribution in [2.75, 3.05) is 0 Å². The van der Waals surface area contributed by atoms with Crippen molar-refractivity contribution >= 4 is 0 Å². The first-order valence-electron chi connectivity index (χ1n) is 6.31. The van der Waals surface area contributed by atoms with Gasteiger partial charge in [0.05, 0.1) is 0 Å². The molecule has 0 amide bonds. The molecule has 0 aliphatic heterocycles. The molecule has 0 saturated heterocycles. The normalized spacial score (nSPS) is 12.0. The predicted molar refractivity (Wildman–Crippen MR) is 73.4 cm³/mol. The number of benzene rings is 1. The maximum absolute atomic E-state index is 2.36. The Morgan fingerprint density at radius 3 is 1.31 bits per heavy atom. The average Bonchev–Trinajstić information content (AvgIpc) is 2.23. The molecule has 0 unspecified atom stereocenters. The summed E-state index contributed by atoms with van der Waals surface area (Å²) in [5.74, 6) is 0. The molecule has 1 aromatic rings. The Labute approximate surface area is 101 Å². The van der Waals surface area contributed by atoms with Crippen LogP contribution in [0.5, 0.6) is 0 Å². The van der Waals surface area contributed by atoms with E-state index in [0.29, 0.717) is 0 Å². The molecule has 0 spiro atoms. The van der Waals surface area contributed by atoms with Gasteiger partial charge in [0, 0.05) is 0 Å². The second kappa shape index (κ2) is 4.24. The van der Waals surface area contributed by atoms with Crippen LogP contribution in [0.25, 0.3) is 0 Å². The summed E-state index contributed by atoms with van der Waals surface area (Å²) in [5, 5.41) is 0. The van der Waals surface area contributed by atoms with E-state index in [1.54, 1.807) is 5.56 Å². The zero-order valence-electron chi connectivity index (χ0n) is 12.2.